The van der Waals surface area contributed by atoms with Gasteiger partial charge in [-0.25, -0.2) is 0 Å². The molecule has 1 N–H and O–H groups in total. The molecular weight excluding hydrogens is 260 g/mol. The SMILES string of the molecule is CCN1CCC(Cn2ccc3c2CC(C)(C)CC3O)CC1. The van der Waals surface area contributed by atoms with Crippen LogP contribution in [0.4, 0.5) is 0 Å². The molecule has 0 amide bonds. The van der Waals surface area contributed by atoms with Crippen LogP contribution in [0.1, 0.15) is 57.4 Å². The highest BCUT2D eigenvalue weighted by Crippen LogP contribution is 2.41. The fourth-order valence-electron chi connectivity index (χ4n) is 4.12. The van der Waals surface area contributed by atoms with Crippen LogP contribution in [0, 0.1) is 11.3 Å². The summed E-state index contributed by atoms with van der Waals surface area (Å²) >= 11 is 0. The Labute approximate surface area is 129 Å². The van der Waals surface area contributed by atoms with E-state index >= 15 is 0 Å². The van der Waals surface area contributed by atoms with E-state index in [0.29, 0.717) is 0 Å². The number of hydrogen-bond acceptors (Lipinski definition) is 2. The van der Waals surface area contributed by atoms with E-state index in [-0.39, 0.29) is 11.5 Å². The normalized spacial score (nSPS) is 26.8. The molecule has 21 heavy (non-hydrogen) atoms. The topological polar surface area (TPSA) is 28.4 Å². The summed E-state index contributed by atoms with van der Waals surface area (Å²) in [5.41, 5.74) is 2.78. The third kappa shape index (κ3) is 3.19. The fourth-order valence-corrected chi connectivity index (χ4v) is 4.12. The lowest BCUT2D eigenvalue weighted by Gasteiger charge is -2.35. The quantitative estimate of drug-likeness (QED) is 0.926. The summed E-state index contributed by atoms with van der Waals surface area (Å²) in [6.45, 7) is 11.6. The molecule has 3 heteroatoms. The number of fused-ring (bicyclic) bond motifs is 1. The van der Waals surface area contributed by atoms with Crippen LogP contribution in [0.2, 0.25) is 0 Å². The molecule has 2 aliphatic rings. The lowest BCUT2D eigenvalue weighted by molar-refractivity contribution is 0.0971. The smallest absolute Gasteiger partial charge is 0.0812 e. The zero-order valence-electron chi connectivity index (χ0n) is 13.8. The first-order valence-electron chi connectivity index (χ1n) is 8.57. The molecule has 0 saturated carbocycles. The largest absolute Gasteiger partial charge is 0.388 e. The van der Waals surface area contributed by atoms with Gasteiger partial charge in [-0.2, -0.15) is 0 Å². The molecule has 1 saturated heterocycles. The number of rotatable bonds is 3. The van der Waals surface area contributed by atoms with Gasteiger partial charge in [0.1, 0.15) is 0 Å². The Bertz CT molecular complexity index is 483. The molecule has 2 heterocycles. The van der Waals surface area contributed by atoms with E-state index in [1.165, 1.54) is 43.7 Å². The van der Waals surface area contributed by atoms with E-state index in [2.05, 4.69) is 42.5 Å². The number of aliphatic hydroxyl groups is 1. The first-order valence-corrected chi connectivity index (χ1v) is 8.57. The minimum absolute atomic E-state index is 0.216. The molecular formula is C18H30N2O. The average molecular weight is 290 g/mol. The Morgan fingerprint density at radius 1 is 1.29 bits per heavy atom. The lowest BCUT2D eigenvalue weighted by atomic mass is 9.75. The summed E-state index contributed by atoms with van der Waals surface area (Å²) in [4.78, 5) is 2.55. The van der Waals surface area contributed by atoms with E-state index < -0.39 is 0 Å². The van der Waals surface area contributed by atoms with Crippen LogP contribution in [0.15, 0.2) is 12.3 Å². The van der Waals surface area contributed by atoms with E-state index in [9.17, 15) is 5.11 Å². The molecule has 1 aromatic heterocycles. The van der Waals surface area contributed by atoms with Crippen molar-refractivity contribution in [2.24, 2.45) is 11.3 Å². The van der Waals surface area contributed by atoms with Crippen molar-refractivity contribution in [2.45, 2.75) is 59.1 Å². The molecule has 0 bridgehead atoms. The highest BCUT2D eigenvalue weighted by molar-refractivity contribution is 5.29. The van der Waals surface area contributed by atoms with Crippen molar-refractivity contribution in [3.05, 3.63) is 23.5 Å². The van der Waals surface area contributed by atoms with Gasteiger partial charge in [-0.1, -0.05) is 20.8 Å². The summed E-state index contributed by atoms with van der Waals surface area (Å²) in [7, 11) is 0. The summed E-state index contributed by atoms with van der Waals surface area (Å²) in [6, 6.07) is 2.15. The molecule has 1 aliphatic carbocycles. The number of hydrogen-bond donors (Lipinski definition) is 1. The Hall–Kier alpha value is -0.800. The van der Waals surface area contributed by atoms with E-state index in [1.807, 2.05) is 0 Å². The predicted molar refractivity (Wildman–Crippen MR) is 86.3 cm³/mol. The molecule has 1 atom stereocenters. The molecule has 1 aliphatic heterocycles. The molecule has 118 valence electrons. The maximum absolute atomic E-state index is 10.4. The van der Waals surface area contributed by atoms with Crippen molar-refractivity contribution in [1.29, 1.82) is 0 Å². The van der Waals surface area contributed by atoms with Crippen LogP contribution in [-0.4, -0.2) is 34.2 Å². The molecule has 3 rings (SSSR count). The zero-order valence-corrected chi connectivity index (χ0v) is 13.8. The molecule has 1 unspecified atom stereocenters. The Kier molecular flexibility index (Phi) is 4.15. The second-order valence-corrected chi connectivity index (χ2v) is 7.81. The van der Waals surface area contributed by atoms with Crippen molar-refractivity contribution in [3.8, 4) is 0 Å². The first-order chi connectivity index (χ1) is 9.98. The van der Waals surface area contributed by atoms with Crippen molar-refractivity contribution < 1.29 is 5.11 Å². The highest BCUT2D eigenvalue weighted by Gasteiger charge is 2.33. The lowest BCUT2D eigenvalue weighted by Crippen LogP contribution is -2.35. The highest BCUT2D eigenvalue weighted by atomic mass is 16.3. The summed E-state index contributed by atoms with van der Waals surface area (Å²) in [5, 5.41) is 10.4. The van der Waals surface area contributed by atoms with Gasteiger partial charge in [-0.15, -0.1) is 0 Å². The summed E-state index contributed by atoms with van der Waals surface area (Å²) < 4.78 is 2.44. The minimum atomic E-state index is -0.271. The maximum atomic E-state index is 10.4. The second kappa shape index (κ2) is 5.77. The number of aromatic nitrogens is 1. The van der Waals surface area contributed by atoms with Gasteiger partial charge >= 0.3 is 0 Å². The Balaban J connectivity index is 1.70. The monoisotopic (exact) mass is 290 g/mol. The molecule has 0 radical (unpaired) electrons. The standard InChI is InChI=1S/C18H30N2O/c1-4-19-8-5-14(6-9-19)13-20-10-7-15-16(20)11-18(2,3)12-17(15)21/h7,10,14,17,21H,4-6,8-9,11-13H2,1-3H3. The van der Waals surface area contributed by atoms with Gasteiger partial charge in [0, 0.05) is 24.0 Å². The Morgan fingerprint density at radius 3 is 2.67 bits per heavy atom. The van der Waals surface area contributed by atoms with Gasteiger partial charge in [0.25, 0.3) is 0 Å². The van der Waals surface area contributed by atoms with Gasteiger partial charge < -0.3 is 14.6 Å². The van der Waals surface area contributed by atoms with Crippen molar-refractivity contribution in [2.75, 3.05) is 19.6 Å². The van der Waals surface area contributed by atoms with Gasteiger partial charge in [-0.3, -0.25) is 0 Å². The number of piperidine rings is 1. The number of nitrogens with zero attached hydrogens (tertiary/aromatic N) is 2. The molecule has 1 fully saturated rings. The van der Waals surface area contributed by atoms with Crippen molar-refractivity contribution in [3.63, 3.8) is 0 Å². The van der Waals surface area contributed by atoms with Gasteiger partial charge in [0.2, 0.25) is 0 Å². The van der Waals surface area contributed by atoms with Gasteiger partial charge in [0.15, 0.2) is 0 Å². The predicted octanol–water partition coefficient (Wildman–Crippen LogP) is 3.23. The van der Waals surface area contributed by atoms with Gasteiger partial charge in [-0.05, 0) is 62.7 Å². The van der Waals surface area contributed by atoms with Crippen LogP contribution in [-0.2, 0) is 13.0 Å². The number of aliphatic hydroxyl groups excluding tert-OH is 1. The van der Waals surface area contributed by atoms with Crippen LogP contribution in [0.5, 0.6) is 0 Å². The van der Waals surface area contributed by atoms with Gasteiger partial charge in [0.05, 0.1) is 6.10 Å². The fraction of sp³-hybridized carbons (Fsp3) is 0.778. The van der Waals surface area contributed by atoms with Crippen LogP contribution >= 0.6 is 0 Å². The summed E-state index contributed by atoms with van der Waals surface area (Å²) in [5.74, 6) is 0.798. The van der Waals surface area contributed by atoms with E-state index in [4.69, 9.17) is 0 Å². The Morgan fingerprint density at radius 2 is 2.00 bits per heavy atom. The molecule has 0 spiro atoms. The maximum Gasteiger partial charge on any atom is 0.0812 e. The molecule has 1 aromatic rings. The third-order valence-electron chi connectivity index (χ3n) is 5.47. The molecule has 0 aromatic carbocycles. The zero-order chi connectivity index (χ0) is 15.0. The van der Waals surface area contributed by atoms with Crippen molar-refractivity contribution >= 4 is 0 Å². The first kappa shape index (κ1) is 15.1. The van der Waals surface area contributed by atoms with E-state index in [0.717, 1.165) is 25.3 Å². The van der Waals surface area contributed by atoms with Crippen LogP contribution in [0.25, 0.3) is 0 Å². The number of likely N-dealkylation sites (tertiary alicyclic amines) is 1. The van der Waals surface area contributed by atoms with Crippen molar-refractivity contribution in [1.82, 2.24) is 9.47 Å². The molecule has 3 nitrogen and oxygen atoms in total. The second-order valence-electron chi connectivity index (χ2n) is 7.81. The third-order valence-corrected chi connectivity index (χ3v) is 5.47. The average Bonchev–Trinajstić information content (AvgIpc) is 2.81. The summed E-state index contributed by atoms with van der Waals surface area (Å²) in [6.07, 6.45) is 6.55. The van der Waals surface area contributed by atoms with Crippen LogP contribution in [0.3, 0.4) is 0 Å². The van der Waals surface area contributed by atoms with Crippen LogP contribution < -0.4 is 0 Å². The minimum Gasteiger partial charge on any atom is -0.388 e. The van der Waals surface area contributed by atoms with E-state index in [1.54, 1.807) is 0 Å².